The maximum absolute atomic E-state index is 11.9. The maximum atomic E-state index is 11.9. The monoisotopic (exact) mass is 246 g/mol. The highest BCUT2D eigenvalue weighted by molar-refractivity contribution is 5.96. The lowest BCUT2D eigenvalue weighted by Crippen LogP contribution is -2.24. The van der Waals surface area contributed by atoms with Gasteiger partial charge in [0.25, 0.3) is 0 Å². The van der Waals surface area contributed by atoms with E-state index in [1.807, 2.05) is 32.0 Å². The molecule has 1 N–H and O–H groups in total. The van der Waals surface area contributed by atoms with E-state index in [0.29, 0.717) is 0 Å². The molecule has 0 aliphatic heterocycles. The number of nitrogens with zero attached hydrogens (tertiary/aromatic N) is 3. The summed E-state index contributed by atoms with van der Waals surface area (Å²) in [5, 5.41) is 6.26. The fraction of sp³-hybridized carbons (Fsp3) is 0.462. The molecule has 1 aromatic rings. The summed E-state index contributed by atoms with van der Waals surface area (Å²) in [6, 6.07) is 5.27. The van der Waals surface area contributed by atoms with Gasteiger partial charge in [0.05, 0.1) is 0 Å². The van der Waals surface area contributed by atoms with Gasteiger partial charge in [0.2, 0.25) is 5.91 Å². The summed E-state index contributed by atoms with van der Waals surface area (Å²) in [5.74, 6) is -0.275. The second-order valence-electron chi connectivity index (χ2n) is 4.03. The van der Waals surface area contributed by atoms with Gasteiger partial charge < -0.3 is 5.32 Å². The van der Waals surface area contributed by atoms with Crippen LogP contribution in [0.4, 0.5) is 5.69 Å². The van der Waals surface area contributed by atoms with Gasteiger partial charge in [-0.05, 0) is 36.4 Å². The smallest absolute Gasteiger partial charge is 0.233 e. The van der Waals surface area contributed by atoms with Crippen LogP contribution in [0.2, 0.25) is 0 Å². The fourth-order valence-corrected chi connectivity index (χ4v) is 1.76. The van der Waals surface area contributed by atoms with Crippen molar-refractivity contribution in [1.29, 1.82) is 0 Å². The normalized spacial score (nSPS) is 11.5. The fourth-order valence-electron chi connectivity index (χ4n) is 1.76. The molecule has 18 heavy (non-hydrogen) atoms. The zero-order valence-corrected chi connectivity index (χ0v) is 11.0. The Balaban J connectivity index is 3.02. The lowest BCUT2D eigenvalue weighted by Gasteiger charge is -2.15. The molecular formula is C13H18N4O. The lowest BCUT2D eigenvalue weighted by atomic mass is 10.0. The number of nitrogens with one attached hydrogen (secondary N) is 1. The van der Waals surface area contributed by atoms with E-state index in [2.05, 4.69) is 15.3 Å². The minimum atomic E-state index is -0.704. The second kappa shape index (κ2) is 6.67. The van der Waals surface area contributed by atoms with E-state index in [-0.39, 0.29) is 5.91 Å². The summed E-state index contributed by atoms with van der Waals surface area (Å²) in [5.41, 5.74) is 11.4. The molecule has 96 valence electrons. The van der Waals surface area contributed by atoms with Crippen molar-refractivity contribution in [3.05, 3.63) is 39.8 Å². The number of hydrogen-bond donors (Lipinski definition) is 1. The minimum absolute atomic E-state index is 0.275. The first-order chi connectivity index (χ1) is 8.63. The number of carbonyl (C=O) groups excluding carboxylic acids is 1. The Hall–Kier alpha value is -2.00. The zero-order chi connectivity index (χ0) is 13.5. The molecule has 0 aliphatic carbocycles. The number of carbonyl (C=O) groups is 1. The molecule has 0 radical (unpaired) electrons. The third-order valence-electron chi connectivity index (χ3n) is 2.85. The van der Waals surface area contributed by atoms with Crippen LogP contribution < -0.4 is 5.32 Å². The number of para-hydroxylation sites is 1. The van der Waals surface area contributed by atoms with Gasteiger partial charge in [-0.3, -0.25) is 4.79 Å². The van der Waals surface area contributed by atoms with Crippen LogP contribution in [-0.4, -0.2) is 11.9 Å². The van der Waals surface area contributed by atoms with E-state index in [0.717, 1.165) is 29.7 Å². The molecule has 0 heterocycles. The Morgan fingerprint density at radius 2 is 1.94 bits per heavy atom. The average molecular weight is 246 g/mol. The van der Waals surface area contributed by atoms with Crippen LogP contribution in [0.25, 0.3) is 10.4 Å². The summed E-state index contributed by atoms with van der Waals surface area (Å²) in [6.07, 6.45) is 1.69. The number of benzene rings is 1. The van der Waals surface area contributed by atoms with Crippen molar-refractivity contribution in [3.8, 4) is 0 Å². The molecule has 0 aliphatic rings. The van der Waals surface area contributed by atoms with Crippen LogP contribution in [0.1, 0.15) is 31.9 Å². The van der Waals surface area contributed by atoms with E-state index >= 15 is 0 Å². The third-order valence-corrected chi connectivity index (χ3v) is 2.85. The van der Waals surface area contributed by atoms with Crippen molar-refractivity contribution in [2.45, 2.75) is 39.7 Å². The SMILES string of the molecule is CCc1cccc(CC)c1NC(=O)C(C)N=[N+]=[N-]. The molecule has 0 fully saturated rings. The van der Waals surface area contributed by atoms with Gasteiger partial charge in [-0.2, -0.15) is 0 Å². The standard InChI is InChI=1S/C13H18N4O/c1-4-10-7-6-8-11(5-2)12(10)15-13(18)9(3)16-17-14/h6-9H,4-5H2,1-3H3,(H,15,18). The van der Waals surface area contributed by atoms with Crippen molar-refractivity contribution in [2.24, 2.45) is 5.11 Å². The molecule has 1 unspecified atom stereocenters. The predicted octanol–water partition coefficient (Wildman–Crippen LogP) is 3.45. The van der Waals surface area contributed by atoms with E-state index in [9.17, 15) is 4.79 Å². The Bertz CT molecular complexity index is 456. The predicted molar refractivity (Wildman–Crippen MR) is 72.4 cm³/mol. The molecule has 0 spiro atoms. The van der Waals surface area contributed by atoms with Crippen molar-refractivity contribution in [1.82, 2.24) is 0 Å². The second-order valence-corrected chi connectivity index (χ2v) is 4.03. The van der Waals surface area contributed by atoms with Gasteiger partial charge in [0.1, 0.15) is 6.04 Å². The molecule has 1 amide bonds. The van der Waals surface area contributed by atoms with Crippen molar-refractivity contribution < 1.29 is 4.79 Å². The molecule has 0 saturated carbocycles. The first kappa shape index (κ1) is 14.1. The number of aryl methyl sites for hydroxylation is 2. The number of amides is 1. The van der Waals surface area contributed by atoms with Crippen LogP contribution in [0.3, 0.4) is 0 Å². The first-order valence-electron chi connectivity index (χ1n) is 6.09. The Kier molecular flexibility index (Phi) is 5.21. The Morgan fingerprint density at radius 3 is 2.39 bits per heavy atom. The number of rotatable bonds is 5. The largest absolute Gasteiger partial charge is 0.325 e. The quantitative estimate of drug-likeness (QED) is 0.482. The molecule has 1 atom stereocenters. The summed E-state index contributed by atoms with van der Waals surface area (Å²) in [6.45, 7) is 5.66. The summed E-state index contributed by atoms with van der Waals surface area (Å²) < 4.78 is 0. The van der Waals surface area contributed by atoms with Crippen LogP contribution in [0, 0.1) is 0 Å². The van der Waals surface area contributed by atoms with Crippen molar-refractivity contribution in [3.63, 3.8) is 0 Å². The molecular weight excluding hydrogens is 228 g/mol. The molecule has 0 bridgehead atoms. The van der Waals surface area contributed by atoms with Crippen LogP contribution in [0.15, 0.2) is 23.3 Å². The van der Waals surface area contributed by atoms with Crippen LogP contribution >= 0.6 is 0 Å². The lowest BCUT2D eigenvalue weighted by molar-refractivity contribution is -0.117. The van der Waals surface area contributed by atoms with E-state index in [4.69, 9.17) is 5.53 Å². The molecule has 0 saturated heterocycles. The van der Waals surface area contributed by atoms with Crippen molar-refractivity contribution >= 4 is 11.6 Å². The van der Waals surface area contributed by atoms with Crippen molar-refractivity contribution in [2.75, 3.05) is 5.32 Å². The molecule has 5 heteroatoms. The molecule has 0 aromatic heterocycles. The maximum Gasteiger partial charge on any atom is 0.233 e. The molecule has 5 nitrogen and oxygen atoms in total. The minimum Gasteiger partial charge on any atom is -0.325 e. The van der Waals surface area contributed by atoms with E-state index in [1.54, 1.807) is 6.92 Å². The topological polar surface area (TPSA) is 77.9 Å². The molecule has 1 rings (SSSR count). The van der Waals surface area contributed by atoms with E-state index < -0.39 is 6.04 Å². The summed E-state index contributed by atoms with van der Waals surface area (Å²) in [4.78, 5) is 14.5. The third kappa shape index (κ3) is 3.25. The van der Waals surface area contributed by atoms with Crippen LogP contribution in [0.5, 0.6) is 0 Å². The molecule has 1 aromatic carbocycles. The number of hydrogen-bond acceptors (Lipinski definition) is 2. The van der Waals surface area contributed by atoms with Gasteiger partial charge >= 0.3 is 0 Å². The highest BCUT2D eigenvalue weighted by atomic mass is 16.2. The highest BCUT2D eigenvalue weighted by Gasteiger charge is 2.14. The van der Waals surface area contributed by atoms with Gasteiger partial charge in [0.15, 0.2) is 0 Å². The summed E-state index contributed by atoms with van der Waals surface area (Å²) >= 11 is 0. The zero-order valence-electron chi connectivity index (χ0n) is 11.0. The Labute approximate surface area is 107 Å². The summed E-state index contributed by atoms with van der Waals surface area (Å²) in [7, 11) is 0. The van der Waals surface area contributed by atoms with Gasteiger partial charge in [-0.1, -0.05) is 37.2 Å². The number of azide groups is 1. The first-order valence-corrected chi connectivity index (χ1v) is 6.09. The van der Waals surface area contributed by atoms with Gasteiger partial charge in [0, 0.05) is 10.6 Å². The van der Waals surface area contributed by atoms with Crippen LogP contribution in [-0.2, 0) is 17.6 Å². The Morgan fingerprint density at radius 1 is 1.39 bits per heavy atom. The average Bonchev–Trinajstić information content (AvgIpc) is 2.39. The highest BCUT2D eigenvalue weighted by Crippen LogP contribution is 2.22. The van der Waals surface area contributed by atoms with E-state index in [1.165, 1.54) is 0 Å². The number of anilines is 1. The van der Waals surface area contributed by atoms with Gasteiger partial charge in [-0.25, -0.2) is 0 Å². The van der Waals surface area contributed by atoms with Gasteiger partial charge in [-0.15, -0.1) is 0 Å².